The molecule has 72 valence electrons. The molecule has 3 heteroatoms. The summed E-state index contributed by atoms with van der Waals surface area (Å²) in [5.41, 5.74) is 0.908. The van der Waals surface area contributed by atoms with E-state index in [1.807, 2.05) is 6.92 Å². The minimum atomic E-state index is 0.0448. The van der Waals surface area contributed by atoms with Gasteiger partial charge in [-0.3, -0.25) is 4.79 Å². The molecule has 0 aromatic carbocycles. The third-order valence-corrected chi connectivity index (χ3v) is 3.44. The molecule has 0 fully saturated rings. The summed E-state index contributed by atoms with van der Waals surface area (Å²) < 4.78 is 0. The van der Waals surface area contributed by atoms with Crippen LogP contribution in [0.4, 0.5) is 0 Å². The van der Waals surface area contributed by atoms with Crippen molar-refractivity contribution in [1.82, 2.24) is 4.98 Å². The van der Waals surface area contributed by atoms with Crippen molar-refractivity contribution in [1.29, 1.82) is 0 Å². The number of Topliss-reactive ketones (excluding diaryl/α,β-unsaturated/α-hetero) is 1. The van der Waals surface area contributed by atoms with Gasteiger partial charge in [-0.25, -0.2) is 4.98 Å². The summed E-state index contributed by atoms with van der Waals surface area (Å²) >= 11 is 1.51. The molecule has 0 saturated carbocycles. The lowest BCUT2D eigenvalue weighted by Gasteiger charge is -2.13. The second-order valence-electron chi connectivity index (χ2n) is 4.24. The summed E-state index contributed by atoms with van der Waals surface area (Å²) in [4.78, 5) is 16.4. The van der Waals surface area contributed by atoms with Gasteiger partial charge in [-0.15, -0.1) is 11.3 Å². The molecule has 0 aliphatic heterocycles. The molecule has 0 radical (unpaired) electrons. The number of aromatic nitrogens is 1. The first kappa shape index (κ1) is 10.4. The SMILES string of the molecule is CC(=O)c1sc(C(C)(C)C)nc1C. The van der Waals surface area contributed by atoms with E-state index in [0.717, 1.165) is 15.6 Å². The number of thiazole rings is 1. The van der Waals surface area contributed by atoms with Crippen LogP contribution < -0.4 is 0 Å². The van der Waals surface area contributed by atoms with Gasteiger partial charge >= 0.3 is 0 Å². The van der Waals surface area contributed by atoms with Crippen LogP contribution in [0.3, 0.4) is 0 Å². The maximum Gasteiger partial charge on any atom is 0.171 e. The average molecular weight is 197 g/mol. The highest BCUT2D eigenvalue weighted by Crippen LogP contribution is 2.29. The highest BCUT2D eigenvalue weighted by Gasteiger charge is 2.21. The van der Waals surface area contributed by atoms with Crippen molar-refractivity contribution >= 4 is 17.1 Å². The van der Waals surface area contributed by atoms with Gasteiger partial charge in [0.05, 0.1) is 15.6 Å². The number of aryl methyl sites for hydroxylation is 1. The van der Waals surface area contributed by atoms with E-state index in [1.54, 1.807) is 6.92 Å². The Kier molecular flexibility index (Phi) is 2.57. The fourth-order valence-corrected chi connectivity index (χ4v) is 2.06. The molecule has 1 aromatic heterocycles. The molecule has 13 heavy (non-hydrogen) atoms. The fourth-order valence-electron chi connectivity index (χ4n) is 1.04. The van der Waals surface area contributed by atoms with Gasteiger partial charge in [0, 0.05) is 12.3 Å². The van der Waals surface area contributed by atoms with Crippen molar-refractivity contribution in [2.75, 3.05) is 0 Å². The van der Waals surface area contributed by atoms with E-state index >= 15 is 0 Å². The Labute approximate surface area is 83.0 Å². The Balaban J connectivity index is 3.17. The quantitative estimate of drug-likeness (QED) is 0.648. The Bertz CT molecular complexity index is 333. The van der Waals surface area contributed by atoms with Crippen molar-refractivity contribution in [2.45, 2.75) is 40.0 Å². The lowest BCUT2D eigenvalue weighted by Crippen LogP contribution is -2.10. The molecule has 1 aromatic rings. The molecular formula is C10H15NOS. The summed E-state index contributed by atoms with van der Waals surface area (Å²) in [5.74, 6) is 0.116. The summed E-state index contributed by atoms with van der Waals surface area (Å²) in [6.07, 6.45) is 0. The zero-order valence-corrected chi connectivity index (χ0v) is 9.58. The number of hydrogen-bond acceptors (Lipinski definition) is 3. The van der Waals surface area contributed by atoms with E-state index in [4.69, 9.17) is 0 Å². The number of carbonyl (C=O) groups is 1. The summed E-state index contributed by atoms with van der Waals surface area (Å²) in [6, 6.07) is 0. The minimum absolute atomic E-state index is 0.0448. The molecule has 0 amide bonds. The van der Waals surface area contributed by atoms with Gasteiger partial charge in [-0.05, 0) is 6.92 Å². The van der Waals surface area contributed by atoms with Crippen molar-refractivity contribution in [3.8, 4) is 0 Å². The third kappa shape index (κ3) is 2.15. The van der Waals surface area contributed by atoms with E-state index in [-0.39, 0.29) is 11.2 Å². The highest BCUT2D eigenvalue weighted by atomic mass is 32.1. The van der Waals surface area contributed by atoms with Gasteiger partial charge in [-0.1, -0.05) is 20.8 Å². The number of rotatable bonds is 1. The monoisotopic (exact) mass is 197 g/mol. The predicted octanol–water partition coefficient (Wildman–Crippen LogP) is 2.95. The summed E-state index contributed by atoms with van der Waals surface area (Å²) in [7, 11) is 0. The largest absolute Gasteiger partial charge is 0.294 e. The van der Waals surface area contributed by atoms with Crippen molar-refractivity contribution < 1.29 is 4.79 Å². The van der Waals surface area contributed by atoms with Crippen LogP contribution in [-0.2, 0) is 5.41 Å². The van der Waals surface area contributed by atoms with Crippen molar-refractivity contribution in [2.24, 2.45) is 0 Å². The highest BCUT2D eigenvalue weighted by molar-refractivity contribution is 7.14. The summed E-state index contributed by atoms with van der Waals surface area (Å²) in [5, 5.41) is 1.04. The smallest absolute Gasteiger partial charge is 0.171 e. The first-order valence-electron chi connectivity index (χ1n) is 4.31. The van der Waals surface area contributed by atoms with E-state index < -0.39 is 0 Å². The lowest BCUT2D eigenvalue weighted by atomic mass is 9.98. The number of ketones is 1. The van der Waals surface area contributed by atoms with Crippen LogP contribution in [0.15, 0.2) is 0 Å². The van der Waals surface area contributed by atoms with E-state index in [2.05, 4.69) is 25.8 Å². The van der Waals surface area contributed by atoms with Crippen LogP contribution in [0.25, 0.3) is 0 Å². The van der Waals surface area contributed by atoms with Gasteiger partial charge in [0.15, 0.2) is 5.78 Å². The van der Waals surface area contributed by atoms with E-state index in [1.165, 1.54) is 11.3 Å². The first-order valence-corrected chi connectivity index (χ1v) is 5.13. The van der Waals surface area contributed by atoms with Gasteiger partial charge < -0.3 is 0 Å². The normalized spacial score (nSPS) is 11.8. The van der Waals surface area contributed by atoms with Gasteiger partial charge in [0.1, 0.15) is 0 Å². The molecule has 0 saturated heterocycles. The molecule has 0 N–H and O–H groups in total. The molecule has 0 aliphatic carbocycles. The Morgan fingerprint density at radius 2 is 1.92 bits per heavy atom. The fraction of sp³-hybridized carbons (Fsp3) is 0.600. The molecule has 1 rings (SSSR count). The predicted molar refractivity (Wildman–Crippen MR) is 55.6 cm³/mol. The van der Waals surface area contributed by atoms with Crippen LogP contribution in [0.2, 0.25) is 0 Å². The van der Waals surface area contributed by atoms with Gasteiger partial charge in [-0.2, -0.15) is 0 Å². The zero-order chi connectivity index (χ0) is 10.2. The molecule has 1 heterocycles. The first-order chi connectivity index (χ1) is 5.82. The lowest BCUT2D eigenvalue weighted by molar-refractivity contribution is 0.102. The zero-order valence-electron chi connectivity index (χ0n) is 8.76. The molecule has 0 aliphatic rings. The van der Waals surface area contributed by atoms with Gasteiger partial charge in [0.25, 0.3) is 0 Å². The summed E-state index contributed by atoms with van der Waals surface area (Å²) in [6.45, 7) is 9.80. The van der Waals surface area contributed by atoms with Crippen molar-refractivity contribution in [3.63, 3.8) is 0 Å². The van der Waals surface area contributed by atoms with Crippen LogP contribution in [0, 0.1) is 6.92 Å². The maximum absolute atomic E-state index is 11.2. The molecule has 0 atom stereocenters. The second-order valence-corrected chi connectivity index (χ2v) is 5.24. The Morgan fingerprint density at radius 1 is 1.38 bits per heavy atom. The van der Waals surface area contributed by atoms with Gasteiger partial charge in [0.2, 0.25) is 0 Å². The average Bonchev–Trinajstić information content (AvgIpc) is 2.29. The second kappa shape index (κ2) is 3.22. The topological polar surface area (TPSA) is 30.0 Å². The minimum Gasteiger partial charge on any atom is -0.294 e. The number of carbonyl (C=O) groups excluding carboxylic acids is 1. The van der Waals surface area contributed by atoms with Crippen LogP contribution in [0.5, 0.6) is 0 Å². The van der Waals surface area contributed by atoms with E-state index in [0.29, 0.717) is 0 Å². The van der Waals surface area contributed by atoms with Crippen molar-refractivity contribution in [3.05, 3.63) is 15.6 Å². The van der Waals surface area contributed by atoms with Crippen LogP contribution >= 0.6 is 11.3 Å². The molecule has 0 bridgehead atoms. The molecular weight excluding hydrogens is 182 g/mol. The standard InChI is InChI=1S/C10H15NOS/c1-6-8(7(2)12)13-9(11-6)10(3,4)5/h1-5H3. The third-order valence-electron chi connectivity index (χ3n) is 1.76. The Morgan fingerprint density at radius 3 is 2.15 bits per heavy atom. The number of hydrogen-bond donors (Lipinski definition) is 0. The number of nitrogens with zero attached hydrogens (tertiary/aromatic N) is 1. The van der Waals surface area contributed by atoms with Crippen LogP contribution in [-0.4, -0.2) is 10.8 Å². The Hall–Kier alpha value is -0.700. The molecule has 0 spiro atoms. The van der Waals surface area contributed by atoms with Crippen LogP contribution in [0.1, 0.15) is 48.1 Å². The maximum atomic E-state index is 11.2. The van der Waals surface area contributed by atoms with E-state index in [9.17, 15) is 4.79 Å². The molecule has 2 nitrogen and oxygen atoms in total. The molecule has 0 unspecified atom stereocenters.